The van der Waals surface area contributed by atoms with Crippen LogP contribution in [0.15, 0.2) is 70.6 Å². The van der Waals surface area contributed by atoms with Gasteiger partial charge in [0.2, 0.25) is 11.6 Å². The summed E-state index contributed by atoms with van der Waals surface area (Å²) in [6.07, 6.45) is 0.159. The molecule has 1 heterocycles. The molecule has 7 heteroatoms. The average Bonchev–Trinajstić information content (AvgIpc) is 2.94. The zero-order chi connectivity index (χ0) is 17.9. The highest BCUT2D eigenvalue weighted by Gasteiger charge is 2.46. The fourth-order valence-electron chi connectivity index (χ4n) is 2.51. The fraction of sp³-hybridized carbons (Fsp3) is 0.167. The Labute approximate surface area is 155 Å². The number of hydrogen-bond acceptors (Lipinski definition) is 4. The second-order valence-corrected chi connectivity index (χ2v) is 6.67. The van der Waals surface area contributed by atoms with Crippen LogP contribution in [0.2, 0.25) is 0 Å². The van der Waals surface area contributed by atoms with Gasteiger partial charge in [0.25, 0.3) is 0 Å². The second-order valence-electron chi connectivity index (χ2n) is 5.58. The number of hydrogen-bond donors (Lipinski definition) is 2. The van der Waals surface area contributed by atoms with Crippen molar-refractivity contribution < 1.29 is 4.79 Å². The molecular weight excluding hydrogens is 359 g/mol. The maximum absolute atomic E-state index is 12.5. The van der Waals surface area contributed by atoms with Crippen molar-refractivity contribution in [2.75, 3.05) is 0 Å². The number of halogens is 2. The van der Waals surface area contributed by atoms with E-state index in [9.17, 15) is 4.79 Å². The SMILES string of the molecule is NC1=NC(c2ccccc2)=N[C@@]1(NC(=O)Cc1ccccc1)C(Cl)Cl. The molecule has 0 saturated heterocycles. The highest BCUT2D eigenvalue weighted by molar-refractivity contribution is 6.47. The van der Waals surface area contributed by atoms with Gasteiger partial charge >= 0.3 is 0 Å². The van der Waals surface area contributed by atoms with E-state index in [4.69, 9.17) is 28.9 Å². The number of carbonyl (C=O) groups is 1. The third-order valence-electron chi connectivity index (χ3n) is 3.78. The second kappa shape index (κ2) is 7.25. The number of nitrogens with two attached hydrogens (primary N) is 1. The molecule has 1 atom stereocenters. The van der Waals surface area contributed by atoms with Crippen LogP contribution >= 0.6 is 23.2 Å². The average molecular weight is 375 g/mol. The Balaban J connectivity index is 1.86. The number of amides is 1. The van der Waals surface area contributed by atoms with Crippen molar-refractivity contribution in [3.63, 3.8) is 0 Å². The Morgan fingerprint density at radius 2 is 1.68 bits per heavy atom. The first-order valence-corrected chi connectivity index (χ1v) is 8.51. The number of aliphatic imine (C=N–C) groups is 2. The molecule has 1 amide bonds. The van der Waals surface area contributed by atoms with Gasteiger partial charge in [-0.1, -0.05) is 83.9 Å². The minimum absolute atomic E-state index is 0.0581. The van der Waals surface area contributed by atoms with Gasteiger partial charge in [-0.3, -0.25) is 4.79 Å². The van der Waals surface area contributed by atoms with Crippen LogP contribution in [0.4, 0.5) is 0 Å². The van der Waals surface area contributed by atoms with Crippen LogP contribution in [0.5, 0.6) is 0 Å². The maximum Gasteiger partial charge on any atom is 0.226 e. The van der Waals surface area contributed by atoms with E-state index in [0.29, 0.717) is 5.84 Å². The van der Waals surface area contributed by atoms with Crippen molar-refractivity contribution in [2.45, 2.75) is 16.9 Å². The largest absolute Gasteiger partial charge is 0.383 e. The van der Waals surface area contributed by atoms with Crippen molar-refractivity contribution >= 4 is 40.8 Å². The van der Waals surface area contributed by atoms with E-state index >= 15 is 0 Å². The molecule has 0 aliphatic carbocycles. The van der Waals surface area contributed by atoms with Crippen LogP contribution in [-0.2, 0) is 11.2 Å². The number of rotatable bonds is 5. The molecule has 2 aromatic rings. The third-order valence-corrected chi connectivity index (χ3v) is 4.42. The van der Waals surface area contributed by atoms with Crippen molar-refractivity contribution in [3.05, 3.63) is 71.8 Å². The van der Waals surface area contributed by atoms with Gasteiger partial charge < -0.3 is 11.1 Å². The first-order valence-electron chi connectivity index (χ1n) is 7.64. The van der Waals surface area contributed by atoms with Gasteiger partial charge in [-0.05, 0) is 5.56 Å². The monoisotopic (exact) mass is 374 g/mol. The van der Waals surface area contributed by atoms with Crippen molar-refractivity contribution in [2.24, 2.45) is 15.7 Å². The van der Waals surface area contributed by atoms with Gasteiger partial charge in [-0.2, -0.15) is 0 Å². The van der Waals surface area contributed by atoms with Gasteiger partial charge in [0.1, 0.15) is 0 Å². The van der Waals surface area contributed by atoms with Gasteiger partial charge in [-0.25, -0.2) is 9.98 Å². The predicted octanol–water partition coefficient (Wildman–Crippen LogP) is 2.66. The highest BCUT2D eigenvalue weighted by Crippen LogP contribution is 2.28. The van der Waals surface area contributed by atoms with Crippen LogP contribution in [-0.4, -0.2) is 28.1 Å². The lowest BCUT2D eigenvalue weighted by molar-refractivity contribution is -0.121. The number of nitrogens with one attached hydrogen (secondary N) is 1. The van der Waals surface area contributed by atoms with Gasteiger partial charge in [0.05, 0.1) is 6.42 Å². The van der Waals surface area contributed by atoms with Crippen LogP contribution < -0.4 is 11.1 Å². The van der Waals surface area contributed by atoms with Crippen molar-refractivity contribution in [1.29, 1.82) is 0 Å². The van der Waals surface area contributed by atoms with Crippen LogP contribution in [0.3, 0.4) is 0 Å². The molecule has 0 aromatic heterocycles. The zero-order valence-electron chi connectivity index (χ0n) is 13.2. The molecule has 5 nitrogen and oxygen atoms in total. The summed E-state index contributed by atoms with van der Waals surface area (Å²) in [4.78, 5) is 20.1. The summed E-state index contributed by atoms with van der Waals surface area (Å²) in [5, 5.41) is 2.74. The number of nitrogens with zero attached hydrogens (tertiary/aromatic N) is 2. The lowest BCUT2D eigenvalue weighted by Gasteiger charge is -2.28. The number of alkyl halides is 2. The normalized spacial score (nSPS) is 19.5. The Kier molecular flexibility index (Phi) is 5.06. The summed E-state index contributed by atoms with van der Waals surface area (Å²) in [7, 11) is 0. The third kappa shape index (κ3) is 3.67. The molecule has 128 valence electrons. The van der Waals surface area contributed by atoms with Crippen molar-refractivity contribution in [3.8, 4) is 0 Å². The van der Waals surface area contributed by atoms with E-state index in [2.05, 4.69) is 15.3 Å². The summed E-state index contributed by atoms with van der Waals surface area (Å²) in [6, 6.07) is 18.6. The van der Waals surface area contributed by atoms with E-state index in [1.54, 1.807) is 0 Å². The minimum Gasteiger partial charge on any atom is -0.383 e. The van der Waals surface area contributed by atoms with Gasteiger partial charge in [-0.15, -0.1) is 0 Å². The Morgan fingerprint density at radius 1 is 1.08 bits per heavy atom. The molecule has 0 spiro atoms. The van der Waals surface area contributed by atoms with E-state index in [1.807, 2.05) is 60.7 Å². The molecule has 0 radical (unpaired) electrons. The number of carbonyl (C=O) groups excluding carboxylic acids is 1. The quantitative estimate of drug-likeness (QED) is 0.788. The molecule has 1 aliphatic heterocycles. The lowest BCUT2D eigenvalue weighted by atomic mass is 10.1. The first kappa shape index (κ1) is 17.5. The highest BCUT2D eigenvalue weighted by atomic mass is 35.5. The van der Waals surface area contributed by atoms with Gasteiger partial charge in [0, 0.05) is 5.56 Å². The molecule has 3 N–H and O–H groups in total. The lowest BCUT2D eigenvalue weighted by Crippen LogP contribution is -2.59. The molecule has 0 fully saturated rings. The Bertz CT molecular complexity index is 821. The standard InChI is InChI=1S/C18H16Cl2N4O/c19-16(20)18(23-14(25)11-12-7-3-1-4-8-12)17(21)22-15(24-18)13-9-5-2-6-10-13/h1-10,16H,11H2,(H,23,25)(H2,21,22,24)/t18-/m0/s1. The molecular formula is C18H16Cl2N4O. The van der Waals surface area contributed by atoms with Crippen molar-refractivity contribution in [1.82, 2.24) is 5.32 Å². The number of amidine groups is 2. The van der Waals surface area contributed by atoms with Crippen LogP contribution in [0, 0.1) is 0 Å². The molecule has 0 saturated carbocycles. The van der Waals surface area contributed by atoms with Crippen LogP contribution in [0.25, 0.3) is 0 Å². The minimum atomic E-state index is -1.47. The van der Waals surface area contributed by atoms with E-state index < -0.39 is 10.5 Å². The summed E-state index contributed by atoms with van der Waals surface area (Å²) in [5.41, 5.74) is 6.18. The molecule has 2 aromatic carbocycles. The Hall–Kier alpha value is -2.37. The zero-order valence-corrected chi connectivity index (χ0v) is 14.7. The van der Waals surface area contributed by atoms with E-state index in [-0.39, 0.29) is 18.2 Å². The van der Waals surface area contributed by atoms with E-state index in [1.165, 1.54) is 0 Å². The summed E-state index contributed by atoms with van der Waals surface area (Å²) < 4.78 is 0. The van der Waals surface area contributed by atoms with Gasteiger partial charge in [0.15, 0.2) is 16.5 Å². The Morgan fingerprint density at radius 3 is 2.28 bits per heavy atom. The fourth-order valence-corrected chi connectivity index (χ4v) is 2.94. The maximum atomic E-state index is 12.5. The predicted molar refractivity (Wildman–Crippen MR) is 101 cm³/mol. The molecule has 25 heavy (non-hydrogen) atoms. The summed E-state index contributed by atoms with van der Waals surface area (Å²) >= 11 is 12.2. The molecule has 0 unspecified atom stereocenters. The van der Waals surface area contributed by atoms with E-state index in [0.717, 1.165) is 11.1 Å². The summed E-state index contributed by atoms with van der Waals surface area (Å²) in [5.74, 6) is 0.140. The topological polar surface area (TPSA) is 79.8 Å². The number of benzene rings is 2. The molecule has 0 bridgehead atoms. The molecule has 1 aliphatic rings. The van der Waals surface area contributed by atoms with Crippen LogP contribution in [0.1, 0.15) is 11.1 Å². The summed E-state index contributed by atoms with van der Waals surface area (Å²) in [6.45, 7) is 0. The smallest absolute Gasteiger partial charge is 0.226 e. The molecule has 3 rings (SSSR count). The first-order chi connectivity index (χ1) is 12.0.